The van der Waals surface area contributed by atoms with Gasteiger partial charge in [0, 0.05) is 18.9 Å². The fourth-order valence-electron chi connectivity index (χ4n) is 2.93. The minimum absolute atomic E-state index is 0.00807. The molecule has 0 saturated heterocycles. The van der Waals surface area contributed by atoms with Gasteiger partial charge in [-0.3, -0.25) is 9.48 Å². The first kappa shape index (κ1) is 16.4. The molecule has 0 aliphatic heterocycles. The minimum Gasteiger partial charge on any atom is -0.293 e. The van der Waals surface area contributed by atoms with Crippen LogP contribution in [-0.4, -0.2) is 15.6 Å². The molecule has 3 heteroatoms. The molecule has 24 heavy (non-hydrogen) atoms. The van der Waals surface area contributed by atoms with Gasteiger partial charge in [0.05, 0.1) is 5.52 Å². The Morgan fingerprint density at radius 3 is 2.25 bits per heavy atom. The number of benzene rings is 2. The number of aromatic nitrogens is 2. The molecule has 3 aromatic rings. The van der Waals surface area contributed by atoms with E-state index in [1.54, 1.807) is 6.92 Å². The van der Waals surface area contributed by atoms with Crippen molar-refractivity contribution in [3.05, 3.63) is 53.7 Å². The summed E-state index contributed by atoms with van der Waals surface area (Å²) in [6.45, 7) is 11.0. The highest BCUT2D eigenvalue weighted by Gasteiger charge is 2.19. The number of hydrogen-bond acceptors (Lipinski definition) is 2. The van der Waals surface area contributed by atoms with Crippen molar-refractivity contribution in [3.8, 4) is 11.1 Å². The first-order chi connectivity index (χ1) is 11.2. The third-order valence-corrected chi connectivity index (χ3v) is 4.09. The zero-order chi connectivity index (χ0) is 17.5. The van der Waals surface area contributed by atoms with E-state index in [9.17, 15) is 4.79 Å². The average molecular weight is 320 g/mol. The number of Topliss-reactive ketones (excluding diaryl/α,β-unsaturated/α-hetero) is 1. The summed E-state index contributed by atoms with van der Waals surface area (Å²) in [6, 6.07) is 14.7. The van der Waals surface area contributed by atoms with Crippen LogP contribution < -0.4 is 0 Å². The summed E-state index contributed by atoms with van der Waals surface area (Å²) in [4.78, 5) is 12.1. The molecule has 0 N–H and O–H groups in total. The number of ketones is 1. The standard InChI is InChI=1S/C21H24N2O/c1-14-6-8-16(9-7-14)17-10-11-19-18(12-17)20(15(2)24)22-23(19)13-21(3,4)5/h6-12H,13H2,1-5H3. The molecule has 0 radical (unpaired) electrons. The van der Waals surface area contributed by atoms with E-state index >= 15 is 0 Å². The Balaban J connectivity index is 2.16. The summed E-state index contributed by atoms with van der Waals surface area (Å²) < 4.78 is 1.96. The van der Waals surface area contributed by atoms with Crippen molar-refractivity contribution in [3.63, 3.8) is 0 Å². The predicted molar refractivity (Wildman–Crippen MR) is 99.4 cm³/mol. The summed E-state index contributed by atoms with van der Waals surface area (Å²) in [6.07, 6.45) is 0. The van der Waals surface area contributed by atoms with Crippen LogP contribution in [0.2, 0.25) is 0 Å². The van der Waals surface area contributed by atoms with Crippen LogP contribution in [0.1, 0.15) is 43.7 Å². The fourth-order valence-corrected chi connectivity index (χ4v) is 2.93. The highest BCUT2D eigenvalue weighted by atomic mass is 16.1. The Morgan fingerprint density at radius 2 is 1.67 bits per heavy atom. The maximum atomic E-state index is 12.1. The van der Waals surface area contributed by atoms with E-state index < -0.39 is 0 Å². The summed E-state index contributed by atoms with van der Waals surface area (Å²) in [7, 11) is 0. The van der Waals surface area contributed by atoms with E-state index in [4.69, 9.17) is 0 Å². The first-order valence-corrected chi connectivity index (χ1v) is 8.33. The molecule has 0 bridgehead atoms. The molecule has 0 unspecified atom stereocenters. The average Bonchev–Trinajstić information content (AvgIpc) is 2.84. The van der Waals surface area contributed by atoms with E-state index in [0.29, 0.717) is 5.69 Å². The lowest BCUT2D eigenvalue weighted by Crippen LogP contribution is -2.16. The second-order valence-corrected chi connectivity index (χ2v) is 7.72. The SMILES string of the molecule is CC(=O)c1nn(CC(C)(C)C)c2ccc(-c3ccc(C)cc3)cc12. The van der Waals surface area contributed by atoms with Gasteiger partial charge in [-0.25, -0.2) is 0 Å². The van der Waals surface area contributed by atoms with Crippen LogP contribution >= 0.6 is 0 Å². The molecule has 0 aliphatic carbocycles. The van der Waals surface area contributed by atoms with Crippen LogP contribution in [0.4, 0.5) is 0 Å². The highest BCUT2D eigenvalue weighted by molar-refractivity contribution is 6.05. The molecule has 0 fully saturated rings. The van der Waals surface area contributed by atoms with Crippen molar-refractivity contribution in [1.82, 2.24) is 9.78 Å². The van der Waals surface area contributed by atoms with E-state index in [2.05, 4.69) is 75.3 Å². The van der Waals surface area contributed by atoms with Crippen molar-refractivity contribution < 1.29 is 4.79 Å². The summed E-state index contributed by atoms with van der Waals surface area (Å²) >= 11 is 0. The van der Waals surface area contributed by atoms with Crippen molar-refractivity contribution in [2.75, 3.05) is 0 Å². The van der Waals surface area contributed by atoms with Gasteiger partial charge in [0.1, 0.15) is 5.69 Å². The van der Waals surface area contributed by atoms with Gasteiger partial charge in [-0.1, -0.05) is 56.7 Å². The first-order valence-electron chi connectivity index (χ1n) is 8.33. The van der Waals surface area contributed by atoms with E-state index in [0.717, 1.165) is 28.6 Å². The second kappa shape index (κ2) is 5.90. The Labute approximate surface area is 143 Å². The smallest absolute Gasteiger partial charge is 0.180 e. The zero-order valence-corrected chi connectivity index (χ0v) is 15.1. The third kappa shape index (κ3) is 3.25. The van der Waals surface area contributed by atoms with Crippen molar-refractivity contribution in [2.24, 2.45) is 5.41 Å². The molecule has 1 aromatic heterocycles. The molecule has 0 saturated carbocycles. The molecule has 2 aromatic carbocycles. The molecule has 1 heterocycles. The molecule has 0 spiro atoms. The number of rotatable bonds is 3. The van der Waals surface area contributed by atoms with E-state index in [1.807, 2.05) is 4.68 Å². The van der Waals surface area contributed by atoms with Gasteiger partial charge >= 0.3 is 0 Å². The second-order valence-electron chi connectivity index (χ2n) is 7.72. The van der Waals surface area contributed by atoms with Gasteiger partial charge in [-0.15, -0.1) is 0 Å². The van der Waals surface area contributed by atoms with Gasteiger partial charge in [0.2, 0.25) is 0 Å². The Bertz CT molecular complexity index is 896. The monoisotopic (exact) mass is 320 g/mol. The van der Waals surface area contributed by atoms with Crippen LogP contribution in [-0.2, 0) is 6.54 Å². The van der Waals surface area contributed by atoms with Crippen LogP contribution in [0, 0.1) is 12.3 Å². The summed E-state index contributed by atoms with van der Waals surface area (Å²) in [5, 5.41) is 5.53. The van der Waals surface area contributed by atoms with Gasteiger partial charge in [0.25, 0.3) is 0 Å². The quantitative estimate of drug-likeness (QED) is 0.617. The molecule has 0 atom stereocenters. The minimum atomic E-state index is 0.00807. The van der Waals surface area contributed by atoms with Crippen molar-refractivity contribution >= 4 is 16.7 Å². The summed E-state index contributed by atoms with van der Waals surface area (Å²) in [5.41, 5.74) is 5.18. The van der Waals surface area contributed by atoms with Crippen LogP contribution in [0.3, 0.4) is 0 Å². The van der Waals surface area contributed by atoms with Crippen LogP contribution in [0.25, 0.3) is 22.0 Å². The Hall–Kier alpha value is -2.42. The molecule has 0 aliphatic rings. The summed E-state index contributed by atoms with van der Waals surface area (Å²) in [5.74, 6) is 0.00807. The zero-order valence-electron chi connectivity index (χ0n) is 15.1. The number of carbonyl (C=O) groups is 1. The maximum absolute atomic E-state index is 12.1. The third-order valence-electron chi connectivity index (χ3n) is 4.09. The highest BCUT2D eigenvalue weighted by Crippen LogP contribution is 2.29. The number of aryl methyl sites for hydroxylation is 1. The van der Waals surface area contributed by atoms with E-state index in [-0.39, 0.29) is 11.2 Å². The number of nitrogens with zero attached hydrogens (tertiary/aromatic N) is 2. The van der Waals surface area contributed by atoms with Gasteiger partial charge < -0.3 is 0 Å². The molecule has 0 amide bonds. The topological polar surface area (TPSA) is 34.9 Å². The Kier molecular flexibility index (Phi) is 4.04. The molecular formula is C21H24N2O. The lowest BCUT2D eigenvalue weighted by molar-refractivity contribution is 0.101. The van der Waals surface area contributed by atoms with Crippen LogP contribution in [0.15, 0.2) is 42.5 Å². The molecule has 3 nitrogen and oxygen atoms in total. The number of hydrogen-bond donors (Lipinski definition) is 0. The number of carbonyl (C=O) groups excluding carboxylic acids is 1. The Morgan fingerprint density at radius 1 is 1.04 bits per heavy atom. The predicted octanol–water partition coefficient (Wildman–Crippen LogP) is 5.26. The maximum Gasteiger partial charge on any atom is 0.180 e. The largest absolute Gasteiger partial charge is 0.293 e. The van der Waals surface area contributed by atoms with Gasteiger partial charge in [0.15, 0.2) is 5.78 Å². The van der Waals surface area contributed by atoms with Crippen LogP contribution in [0.5, 0.6) is 0 Å². The molecular weight excluding hydrogens is 296 g/mol. The lowest BCUT2D eigenvalue weighted by atomic mass is 9.97. The molecule has 124 valence electrons. The van der Waals surface area contributed by atoms with Gasteiger partial charge in [-0.05, 0) is 35.6 Å². The fraction of sp³-hybridized carbons (Fsp3) is 0.333. The van der Waals surface area contributed by atoms with Crippen molar-refractivity contribution in [2.45, 2.75) is 41.2 Å². The van der Waals surface area contributed by atoms with Gasteiger partial charge in [-0.2, -0.15) is 5.10 Å². The number of fused-ring (bicyclic) bond motifs is 1. The lowest BCUT2D eigenvalue weighted by Gasteiger charge is -2.18. The normalized spacial score (nSPS) is 11.9. The molecule has 3 rings (SSSR count). The van der Waals surface area contributed by atoms with E-state index in [1.165, 1.54) is 5.56 Å². The van der Waals surface area contributed by atoms with Crippen molar-refractivity contribution in [1.29, 1.82) is 0 Å².